The second-order valence-electron chi connectivity index (χ2n) is 18.4. The summed E-state index contributed by atoms with van der Waals surface area (Å²) in [5.41, 5.74) is 5.35. The van der Waals surface area contributed by atoms with Crippen molar-refractivity contribution in [2.45, 2.75) is 283 Å². The van der Waals surface area contributed by atoms with Crippen LogP contribution in [0.1, 0.15) is 271 Å². The van der Waals surface area contributed by atoms with E-state index in [0.717, 1.165) is 32.1 Å². The van der Waals surface area contributed by atoms with Crippen LogP contribution in [0, 0.1) is 0 Å². The first-order valence-corrected chi connectivity index (χ1v) is 28.2. The third-order valence-electron chi connectivity index (χ3n) is 12.0. The predicted molar refractivity (Wildman–Crippen MR) is 263 cm³/mol. The Kier molecular flexibility index (Phi) is 46.4. The monoisotopic (exact) mass is 930 g/mol. The van der Waals surface area contributed by atoms with Crippen LogP contribution in [0.3, 0.4) is 0 Å². The number of phosphoric acid groups is 1. The van der Waals surface area contributed by atoms with E-state index in [4.69, 9.17) is 24.8 Å². The minimum Gasteiger partial charge on any atom is -0.480 e. The number of carboxylic acids is 1. The van der Waals surface area contributed by atoms with Crippen LogP contribution in [0.2, 0.25) is 0 Å². The Morgan fingerprint density at radius 2 is 0.797 bits per heavy atom. The largest absolute Gasteiger partial charge is 0.480 e. The van der Waals surface area contributed by atoms with Gasteiger partial charge in [0.15, 0.2) is 6.10 Å². The van der Waals surface area contributed by atoms with Crippen molar-refractivity contribution in [3.05, 3.63) is 12.2 Å². The number of carboxylic acid groups (broad SMARTS) is 1. The lowest BCUT2D eigenvalue weighted by Gasteiger charge is -2.20. The quantitative estimate of drug-likeness (QED) is 0.0229. The molecule has 0 aromatic heterocycles. The molecule has 0 aliphatic carbocycles. The van der Waals surface area contributed by atoms with Crippen LogP contribution in [-0.2, 0) is 37.5 Å². The average Bonchev–Trinajstić information content (AvgIpc) is 3.27. The zero-order chi connectivity index (χ0) is 47.0. The Hall–Kier alpha value is -1.78. The van der Waals surface area contributed by atoms with Gasteiger partial charge in [0.2, 0.25) is 0 Å². The Balaban J connectivity index is 4.20. The maximum Gasteiger partial charge on any atom is 0.472 e. The molecular formula is C52H100NO10P. The van der Waals surface area contributed by atoms with E-state index < -0.39 is 51.1 Å². The highest BCUT2D eigenvalue weighted by atomic mass is 31.2. The van der Waals surface area contributed by atoms with E-state index in [1.165, 1.54) is 193 Å². The number of rotatable bonds is 51. The summed E-state index contributed by atoms with van der Waals surface area (Å²) in [5.74, 6) is -2.40. The van der Waals surface area contributed by atoms with Gasteiger partial charge in [0.25, 0.3) is 0 Å². The Bertz CT molecular complexity index is 1140. The van der Waals surface area contributed by atoms with E-state index in [2.05, 4.69) is 30.5 Å². The van der Waals surface area contributed by atoms with Crippen LogP contribution < -0.4 is 5.73 Å². The summed E-state index contributed by atoms with van der Waals surface area (Å²) in [6, 6.07) is -1.52. The summed E-state index contributed by atoms with van der Waals surface area (Å²) in [7, 11) is -4.72. The topological polar surface area (TPSA) is 172 Å². The van der Waals surface area contributed by atoms with Crippen LogP contribution in [-0.4, -0.2) is 59.9 Å². The molecular weight excluding hydrogens is 830 g/mol. The van der Waals surface area contributed by atoms with Gasteiger partial charge in [-0.05, 0) is 32.1 Å². The number of carbonyl (C=O) groups excluding carboxylic acids is 2. The van der Waals surface area contributed by atoms with E-state index >= 15 is 0 Å². The number of hydrogen-bond donors (Lipinski definition) is 3. The van der Waals surface area contributed by atoms with Gasteiger partial charge in [-0.2, -0.15) is 0 Å². The van der Waals surface area contributed by atoms with Crippen molar-refractivity contribution in [1.82, 2.24) is 0 Å². The number of hydrogen-bond acceptors (Lipinski definition) is 9. The van der Waals surface area contributed by atoms with Crippen molar-refractivity contribution in [1.29, 1.82) is 0 Å². The Labute approximate surface area is 392 Å². The molecule has 12 heteroatoms. The second kappa shape index (κ2) is 47.7. The third-order valence-corrected chi connectivity index (χ3v) is 13.0. The minimum atomic E-state index is -4.72. The number of nitrogens with two attached hydrogens (primary N) is 1. The van der Waals surface area contributed by atoms with Crippen LogP contribution in [0.15, 0.2) is 12.2 Å². The highest BCUT2D eigenvalue weighted by Gasteiger charge is 2.28. The lowest BCUT2D eigenvalue weighted by atomic mass is 10.0. The number of phosphoric ester groups is 1. The highest BCUT2D eigenvalue weighted by molar-refractivity contribution is 7.47. The smallest absolute Gasteiger partial charge is 0.472 e. The maximum atomic E-state index is 12.7. The molecule has 3 atom stereocenters. The molecule has 0 aromatic rings. The fraction of sp³-hybridized carbons (Fsp3) is 0.904. The molecule has 0 radical (unpaired) electrons. The van der Waals surface area contributed by atoms with Gasteiger partial charge in [-0.25, -0.2) is 4.57 Å². The molecule has 4 N–H and O–H groups in total. The summed E-state index contributed by atoms with van der Waals surface area (Å²) in [6.45, 7) is 2.84. The Morgan fingerprint density at radius 3 is 1.19 bits per heavy atom. The molecule has 0 spiro atoms. The van der Waals surface area contributed by atoms with Crippen LogP contribution in [0.4, 0.5) is 0 Å². The van der Waals surface area contributed by atoms with Crippen molar-refractivity contribution in [3.8, 4) is 0 Å². The van der Waals surface area contributed by atoms with Gasteiger partial charge in [-0.1, -0.05) is 238 Å². The van der Waals surface area contributed by atoms with Crippen molar-refractivity contribution >= 4 is 25.7 Å². The molecule has 64 heavy (non-hydrogen) atoms. The molecule has 11 nitrogen and oxygen atoms in total. The van der Waals surface area contributed by atoms with Gasteiger partial charge >= 0.3 is 25.7 Å². The van der Waals surface area contributed by atoms with Crippen LogP contribution in [0.5, 0.6) is 0 Å². The first kappa shape index (κ1) is 62.2. The Morgan fingerprint density at radius 1 is 0.469 bits per heavy atom. The molecule has 0 amide bonds. The second-order valence-corrected chi connectivity index (χ2v) is 19.8. The molecule has 0 aromatic carbocycles. The molecule has 0 aliphatic rings. The zero-order valence-electron chi connectivity index (χ0n) is 41.4. The summed E-state index contributed by atoms with van der Waals surface area (Å²) in [6.07, 6.45) is 51.5. The fourth-order valence-electron chi connectivity index (χ4n) is 7.84. The maximum absolute atomic E-state index is 12.7. The summed E-state index contributed by atoms with van der Waals surface area (Å²) < 4.78 is 32.8. The average molecular weight is 930 g/mol. The van der Waals surface area contributed by atoms with Gasteiger partial charge < -0.3 is 25.2 Å². The third kappa shape index (κ3) is 46.7. The first-order valence-electron chi connectivity index (χ1n) is 26.7. The van der Waals surface area contributed by atoms with E-state index in [1.807, 2.05) is 0 Å². The van der Waals surface area contributed by atoms with E-state index in [-0.39, 0.29) is 19.4 Å². The summed E-state index contributed by atoms with van der Waals surface area (Å²) >= 11 is 0. The highest BCUT2D eigenvalue weighted by Crippen LogP contribution is 2.43. The molecule has 0 fully saturated rings. The van der Waals surface area contributed by atoms with Gasteiger partial charge in [0.05, 0.1) is 13.2 Å². The number of unbranched alkanes of at least 4 members (excludes halogenated alkanes) is 35. The van der Waals surface area contributed by atoms with Crippen molar-refractivity contribution in [3.63, 3.8) is 0 Å². The lowest BCUT2D eigenvalue weighted by molar-refractivity contribution is -0.161. The molecule has 1 unspecified atom stereocenters. The van der Waals surface area contributed by atoms with Crippen molar-refractivity contribution in [2.24, 2.45) is 5.73 Å². The van der Waals surface area contributed by atoms with Crippen LogP contribution >= 0.6 is 7.82 Å². The number of carbonyl (C=O) groups is 3. The van der Waals surface area contributed by atoms with Crippen molar-refractivity contribution in [2.75, 3.05) is 19.8 Å². The number of ether oxygens (including phenoxy) is 2. The van der Waals surface area contributed by atoms with Crippen LogP contribution in [0.25, 0.3) is 0 Å². The number of esters is 2. The number of allylic oxidation sites excluding steroid dienone is 2. The number of aliphatic carboxylic acids is 1. The van der Waals surface area contributed by atoms with Crippen molar-refractivity contribution < 1.29 is 47.5 Å². The van der Waals surface area contributed by atoms with Gasteiger partial charge in [-0.3, -0.25) is 23.4 Å². The minimum absolute atomic E-state index is 0.119. The normalized spacial score (nSPS) is 13.6. The standard InChI is InChI=1S/C52H100NO10P/c1-3-5-7-9-11-13-15-17-19-21-22-23-24-25-26-28-30-32-34-36-38-40-42-44-51(55)63-48(46-61-64(58,59)62-47-49(53)52(56)57)45-60-50(54)43-41-39-37-35-33-31-29-27-20-18-16-14-12-10-8-6-4-2/h36,38,48-49H,3-35,37,39-47,53H2,1-2H3,(H,56,57)(H,58,59)/b38-36+/t48-,49-/m0/s1. The zero-order valence-corrected chi connectivity index (χ0v) is 42.3. The molecule has 378 valence electrons. The summed E-state index contributed by atoms with van der Waals surface area (Å²) in [5, 5.41) is 8.92. The van der Waals surface area contributed by atoms with Gasteiger partial charge in [0.1, 0.15) is 12.6 Å². The molecule has 0 saturated carbocycles. The lowest BCUT2D eigenvalue weighted by Crippen LogP contribution is -2.34. The molecule has 0 aliphatic heterocycles. The molecule has 0 saturated heterocycles. The predicted octanol–water partition coefficient (Wildman–Crippen LogP) is 15.2. The van der Waals surface area contributed by atoms with Gasteiger partial charge in [0, 0.05) is 12.8 Å². The fourth-order valence-corrected chi connectivity index (χ4v) is 8.62. The summed E-state index contributed by atoms with van der Waals surface area (Å²) in [4.78, 5) is 46.2. The molecule has 0 rings (SSSR count). The van der Waals surface area contributed by atoms with E-state index in [9.17, 15) is 23.8 Å². The first-order chi connectivity index (χ1) is 31.1. The van der Waals surface area contributed by atoms with Gasteiger partial charge in [-0.15, -0.1) is 0 Å². The SMILES string of the molecule is CCCCCCCCCCCCCCCCCCCC/C=C/CCCC(=O)O[C@@H](COC(=O)CCCCCCCCCCCCCCCCCCC)COP(=O)(O)OC[C@H](N)C(=O)O. The van der Waals surface area contributed by atoms with E-state index in [1.54, 1.807) is 0 Å². The molecule has 0 bridgehead atoms. The molecule has 0 heterocycles. The van der Waals surface area contributed by atoms with E-state index in [0.29, 0.717) is 19.3 Å².